The minimum atomic E-state index is -1.34. The summed E-state index contributed by atoms with van der Waals surface area (Å²) in [6.45, 7) is 3.88. The lowest BCUT2D eigenvalue weighted by Gasteiger charge is -2.29. The molecule has 8 heteroatoms. The van der Waals surface area contributed by atoms with Crippen molar-refractivity contribution >= 4 is 24.2 Å². The number of hydrogen-bond acceptors (Lipinski definition) is 3. The molecule has 0 bridgehead atoms. The second-order valence-electron chi connectivity index (χ2n) is 6.38. The summed E-state index contributed by atoms with van der Waals surface area (Å²) in [4.78, 5) is 3.42. The Labute approximate surface area is 157 Å². The summed E-state index contributed by atoms with van der Waals surface area (Å²) in [5.41, 5.74) is -1.25. The van der Waals surface area contributed by atoms with Gasteiger partial charge in [-0.2, -0.15) is 0 Å². The van der Waals surface area contributed by atoms with Crippen LogP contribution in [0.5, 0.6) is 0 Å². The van der Waals surface area contributed by atoms with Gasteiger partial charge in [0.2, 0.25) is 0 Å². The summed E-state index contributed by atoms with van der Waals surface area (Å²) >= 11 is 0. The van der Waals surface area contributed by atoms with Crippen LogP contribution in [-0.2, 0) is 4.74 Å². The van der Waals surface area contributed by atoms with Crippen molar-refractivity contribution in [2.75, 3.05) is 50.8 Å². The molecule has 0 amide bonds. The number of halogens is 5. The van der Waals surface area contributed by atoms with Gasteiger partial charge >= 0.3 is 0 Å². The molecule has 3 rings (SSSR count). The first-order valence-electron chi connectivity index (χ1n) is 8.67. The van der Waals surface area contributed by atoms with Crippen molar-refractivity contribution in [3.63, 3.8) is 0 Å². The molecule has 146 valence electrons. The van der Waals surface area contributed by atoms with Gasteiger partial charge in [0.1, 0.15) is 5.69 Å². The number of anilines is 1. The highest BCUT2D eigenvalue weighted by molar-refractivity contribution is 5.85. The monoisotopic (exact) mass is 394 g/mol. The van der Waals surface area contributed by atoms with Gasteiger partial charge in [-0.3, -0.25) is 4.90 Å². The molecule has 2 fully saturated rings. The van der Waals surface area contributed by atoms with Gasteiger partial charge in [-0.15, -0.1) is 12.4 Å². The lowest BCUT2D eigenvalue weighted by molar-refractivity contribution is 0.0435. The van der Waals surface area contributed by atoms with E-state index in [1.54, 1.807) is 0 Å². The van der Waals surface area contributed by atoms with Crippen molar-refractivity contribution in [1.82, 2.24) is 4.90 Å². The first-order valence-corrected chi connectivity index (χ1v) is 8.67. The summed E-state index contributed by atoms with van der Waals surface area (Å²) in [6, 6.07) is 0. The number of piperidine rings is 1. The number of ether oxygens (including phenoxy) is 1. The van der Waals surface area contributed by atoms with Gasteiger partial charge < -0.3 is 9.64 Å². The van der Waals surface area contributed by atoms with Gasteiger partial charge in [-0.25, -0.2) is 17.6 Å². The Kier molecular flexibility index (Phi) is 7.73. The first-order chi connectivity index (χ1) is 12.1. The lowest BCUT2D eigenvalue weighted by Crippen LogP contribution is -2.36. The molecule has 2 heterocycles. The molecule has 0 aliphatic carbocycles. The van der Waals surface area contributed by atoms with Crippen molar-refractivity contribution in [2.24, 2.45) is 0 Å². The van der Waals surface area contributed by atoms with Crippen molar-refractivity contribution in [3.8, 4) is 0 Å². The van der Waals surface area contributed by atoms with Crippen molar-refractivity contribution in [1.29, 1.82) is 0 Å². The Balaban J connectivity index is 0.00000243. The fourth-order valence-corrected chi connectivity index (χ4v) is 3.28. The third-order valence-corrected chi connectivity index (χ3v) is 4.70. The summed E-state index contributed by atoms with van der Waals surface area (Å²) in [5.74, 6) is -5.30. The summed E-state index contributed by atoms with van der Waals surface area (Å²) in [5, 5.41) is 0. The molecule has 0 radical (unpaired) electrons. The SMILES string of the molecule is Cl.Fc1c(F)c(N2CCCCC2)c(F)c(F)c1C=CCN1CCOCC1. The molecule has 0 unspecified atom stereocenters. The largest absolute Gasteiger partial charge is 0.379 e. The highest BCUT2D eigenvalue weighted by atomic mass is 35.5. The number of benzene rings is 1. The third kappa shape index (κ3) is 4.50. The van der Waals surface area contributed by atoms with Crippen molar-refractivity contribution in [3.05, 3.63) is 34.9 Å². The average molecular weight is 395 g/mol. The summed E-state index contributed by atoms with van der Waals surface area (Å²) in [7, 11) is 0. The molecule has 2 saturated heterocycles. The molecule has 0 saturated carbocycles. The van der Waals surface area contributed by atoms with E-state index in [1.165, 1.54) is 11.0 Å². The Morgan fingerprint density at radius 2 is 1.38 bits per heavy atom. The number of hydrogen-bond donors (Lipinski definition) is 0. The fraction of sp³-hybridized carbons (Fsp3) is 0.556. The Morgan fingerprint density at radius 1 is 0.808 bits per heavy atom. The fourth-order valence-electron chi connectivity index (χ4n) is 3.28. The number of rotatable bonds is 4. The molecule has 0 atom stereocenters. The van der Waals surface area contributed by atoms with E-state index in [4.69, 9.17) is 4.74 Å². The number of morpholine rings is 1. The van der Waals surface area contributed by atoms with Crippen LogP contribution in [0.3, 0.4) is 0 Å². The zero-order valence-corrected chi connectivity index (χ0v) is 15.3. The van der Waals surface area contributed by atoms with Crippen LogP contribution in [0.1, 0.15) is 24.8 Å². The third-order valence-electron chi connectivity index (χ3n) is 4.70. The number of nitrogens with zero attached hydrogens (tertiary/aromatic N) is 2. The molecular formula is C18H23ClF4N2O. The standard InChI is InChI=1S/C18H22F4N2O.ClH/c19-14-13(5-4-6-23-9-11-25-12-10-23)15(20)17(22)18(16(14)21)24-7-2-1-3-8-24;/h4-5H,1-3,6-12H2;1H. The smallest absolute Gasteiger partial charge is 0.185 e. The van der Waals surface area contributed by atoms with Gasteiger partial charge in [0, 0.05) is 32.7 Å². The molecule has 2 aliphatic heterocycles. The lowest BCUT2D eigenvalue weighted by atomic mass is 10.1. The zero-order valence-electron chi connectivity index (χ0n) is 14.4. The normalized spacial score (nSPS) is 19.0. The molecular weight excluding hydrogens is 372 g/mol. The Bertz CT molecular complexity index is 616. The van der Waals surface area contributed by atoms with E-state index in [1.807, 2.05) is 4.90 Å². The molecule has 26 heavy (non-hydrogen) atoms. The Hall–Kier alpha value is -1.31. The summed E-state index contributed by atoms with van der Waals surface area (Å²) < 4.78 is 62.6. The van der Waals surface area contributed by atoms with Crippen molar-refractivity contribution in [2.45, 2.75) is 19.3 Å². The molecule has 1 aromatic carbocycles. The predicted molar refractivity (Wildman–Crippen MR) is 95.9 cm³/mol. The maximum Gasteiger partial charge on any atom is 0.185 e. The first kappa shape index (κ1) is 21.0. The average Bonchev–Trinajstić information content (AvgIpc) is 2.65. The quantitative estimate of drug-likeness (QED) is 0.567. The van der Waals surface area contributed by atoms with E-state index in [0.717, 1.165) is 25.3 Å². The van der Waals surface area contributed by atoms with Crippen LogP contribution in [0.2, 0.25) is 0 Å². The van der Waals surface area contributed by atoms with Gasteiger partial charge in [-0.05, 0) is 19.3 Å². The van der Waals surface area contributed by atoms with Crippen LogP contribution in [0.25, 0.3) is 6.08 Å². The van der Waals surface area contributed by atoms with E-state index in [-0.39, 0.29) is 12.4 Å². The highest BCUT2D eigenvalue weighted by Gasteiger charge is 2.28. The molecule has 1 aromatic rings. The highest BCUT2D eigenvalue weighted by Crippen LogP contribution is 2.33. The van der Waals surface area contributed by atoms with Crippen LogP contribution in [0.4, 0.5) is 23.2 Å². The van der Waals surface area contributed by atoms with Crippen molar-refractivity contribution < 1.29 is 22.3 Å². The van der Waals surface area contributed by atoms with Gasteiger partial charge in [-0.1, -0.05) is 12.2 Å². The van der Waals surface area contributed by atoms with Crippen LogP contribution in [0.15, 0.2) is 6.08 Å². The Morgan fingerprint density at radius 3 is 1.96 bits per heavy atom. The van der Waals surface area contributed by atoms with E-state index >= 15 is 0 Å². The zero-order chi connectivity index (χ0) is 17.8. The van der Waals surface area contributed by atoms with Gasteiger partial charge in [0.05, 0.1) is 18.8 Å². The predicted octanol–water partition coefficient (Wildman–Crippen LogP) is 4.00. The minimum absolute atomic E-state index is 0. The molecule has 0 spiro atoms. The molecule has 0 N–H and O–H groups in total. The minimum Gasteiger partial charge on any atom is -0.379 e. The van der Waals surface area contributed by atoms with E-state index in [0.29, 0.717) is 45.9 Å². The van der Waals surface area contributed by atoms with Crippen LogP contribution in [-0.4, -0.2) is 50.8 Å². The second-order valence-corrected chi connectivity index (χ2v) is 6.38. The topological polar surface area (TPSA) is 15.7 Å². The summed E-state index contributed by atoms with van der Waals surface area (Å²) in [6.07, 6.45) is 5.10. The van der Waals surface area contributed by atoms with E-state index in [2.05, 4.69) is 0 Å². The molecule has 2 aliphatic rings. The van der Waals surface area contributed by atoms with Gasteiger partial charge in [0.25, 0.3) is 0 Å². The van der Waals surface area contributed by atoms with Gasteiger partial charge in [0.15, 0.2) is 23.3 Å². The van der Waals surface area contributed by atoms with E-state index < -0.39 is 34.5 Å². The molecule has 3 nitrogen and oxygen atoms in total. The molecule has 0 aromatic heterocycles. The maximum atomic E-state index is 14.4. The van der Waals surface area contributed by atoms with Crippen LogP contribution < -0.4 is 4.90 Å². The maximum absolute atomic E-state index is 14.4. The van der Waals surface area contributed by atoms with Crippen LogP contribution in [0, 0.1) is 23.3 Å². The van der Waals surface area contributed by atoms with Crippen LogP contribution >= 0.6 is 12.4 Å². The second kappa shape index (κ2) is 9.58. The van der Waals surface area contributed by atoms with E-state index in [9.17, 15) is 17.6 Å².